The topological polar surface area (TPSA) is 62.1 Å². The van der Waals surface area contributed by atoms with E-state index in [1.54, 1.807) is 0 Å². The largest absolute Gasteiger partial charge is 0.389 e. The van der Waals surface area contributed by atoms with Crippen LogP contribution in [0.4, 0.5) is 13.2 Å². The number of hydrogen-bond acceptors (Lipinski definition) is 3. The van der Waals surface area contributed by atoms with Crippen molar-refractivity contribution in [3.05, 3.63) is 0 Å². The van der Waals surface area contributed by atoms with Crippen molar-refractivity contribution in [2.45, 2.75) is 38.3 Å². The number of nitrogens with zero attached hydrogens (tertiary/aromatic N) is 1. The van der Waals surface area contributed by atoms with Gasteiger partial charge in [-0.05, 0) is 25.7 Å². The molecule has 1 amide bonds. The van der Waals surface area contributed by atoms with Crippen molar-refractivity contribution in [3.8, 4) is 6.07 Å². The first-order valence-corrected chi connectivity index (χ1v) is 6.24. The molecule has 0 aromatic heterocycles. The molecule has 0 atom stereocenters. The normalized spacial score (nSPS) is 18.6. The van der Waals surface area contributed by atoms with Crippen molar-refractivity contribution in [2.75, 3.05) is 19.8 Å². The van der Waals surface area contributed by atoms with Crippen molar-refractivity contribution < 1.29 is 22.7 Å². The number of hydrogen-bond donors (Lipinski definition) is 1. The molecule has 1 aliphatic heterocycles. The lowest BCUT2D eigenvalue weighted by atomic mass is 9.81. The molecule has 108 valence electrons. The van der Waals surface area contributed by atoms with Crippen LogP contribution in [-0.4, -0.2) is 31.8 Å². The lowest BCUT2D eigenvalue weighted by Gasteiger charge is -2.29. The first kappa shape index (κ1) is 15.8. The first-order chi connectivity index (χ1) is 8.90. The molecule has 4 nitrogen and oxygen atoms in total. The van der Waals surface area contributed by atoms with E-state index in [-0.39, 0.29) is 19.4 Å². The SMILES string of the molecule is N#CC1(C(=O)NCCCCC(F)(F)F)CCOCC1. The summed E-state index contributed by atoms with van der Waals surface area (Å²) < 4.78 is 40.8. The summed E-state index contributed by atoms with van der Waals surface area (Å²) in [7, 11) is 0. The molecule has 1 saturated heterocycles. The van der Waals surface area contributed by atoms with E-state index in [9.17, 15) is 18.0 Å². The number of unbranched alkanes of at least 4 members (excludes halogenated alkanes) is 1. The summed E-state index contributed by atoms with van der Waals surface area (Å²) in [6.07, 6.45) is -4.11. The van der Waals surface area contributed by atoms with Gasteiger partial charge in [0.1, 0.15) is 5.41 Å². The maximum absolute atomic E-state index is 11.9. The average molecular weight is 278 g/mol. The molecule has 0 radical (unpaired) electrons. The van der Waals surface area contributed by atoms with Gasteiger partial charge >= 0.3 is 6.18 Å². The molecule has 0 aromatic rings. The van der Waals surface area contributed by atoms with Crippen LogP contribution in [0.15, 0.2) is 0 Å². The summed E-state index contributed by atoms with van der Waals surface area (Å²) in [5.41, 5.74) is -1.08. The highest BCUT2D eigenvalue weighted by molar-refractivity contribution is 5.85. The second-order valence-corrected chi connectivity index (χ2v) is 4.63. The number of ether oxygens (including phenoxy) is 1. The Kier molecular flexibility index (Phi) is 5.60. The van der Waals surface area contributed by atoms with Crippen LogP contribution < -0.4 is 5.32 Å². The van der Waals surface area contributed by atoms with E-state index in [1.165, 1.54) is 0 Å². The summed E-state index contributed by atoms with van der Waals surface area (Å²) in [6.45, 7) is 0.878. The molecule has 1 rings (SSSR count). The highest BCUT2D eigenvalue weighted by Gasteiger charge is 2.40. The van der Waals surface area contributed by atoms with Gasteiger partial charge in [0.25, 0.3) is 0 Å². The minimum atomic E-state index is -4.15. The predicted octanol–water partition coefficient (Wildman–Crippen LogP) is 2.16. The lowest BCUT2D eigenvalue weighted by molar-refractivity contribution is -0.135. The van der Waals surface area contributed by atoms with Crippen molar-refractivity contribution in [3.63, 3.8) is 0 Å². The third-order valence-corrected chi connectivity index (χ3v) is 3.17. The van der Waals surface area contributed by atoms with Crippen LogP contribution in [0, 0.1) is 16.7 Å². The van der Waals surface area contributed by atoms with Crippen LogP contribution in [0.25, 0.3) is 0 Å². The van der Waals surface area contributed by atoms with Gasteiger partial charge in [0.2, 0.25) is 5.91 Å². The number of halogens is 3. The van der Waals surface area contributed by atoms with E-state index in [0.29, 0.717) is 26.1 Å². The number of carbonyl (C=O) groups is 1. The summed E-state index contributed by atoms with van der Waals surface area (Å²) in [5.74, 6) is -0.398. The zero-order valence-electron chi connectivity index (χ0n) is 10.6. The van der Waals surface area contributed by atoms with E-state index in [2.05, 4.69) is 5.32 Å². The van der Waals surface area contributed by atoms with Gasteiger partial charge in [-0.15, -0.1) is 0 Å². The smallest absolute Gasteiger partial charge is 0.381 e. The lowest BCUT2D eigenvalue weighted by Crippen LogP contribution is -2.44. The average Bonchev–Trinajstić information content (AvgIpc) is 2.37. The van der Waals surface area contributed by atoms with E-state index < -0.39 is 23.9 Å². The Morgan fingerprint density at radius 2 is 1.95 bits per heavy atom. The van der Waals surface area contributed by atoms with Gasteiger partial charge in [-0.25, -0.2) is 0 Å². The van der Waals surface area contributed by atoms with E-state index in [0.717, 1.165) is 0 Å². The molecule has 0 aromatic carbocycles. The standard InChI is InChI=1S/C12H17F3N2O2/c13-12(14,15)3-1-2-6-17-10(18)11(9-16)4-7-19-8-5-11/h1-8H2,(H,17,18). The number of nitriles is 1. The van der Waals surface area contributed by atoms with Gasteiger partial charge in [0.15, 0.2) is 0 Å². The molecule has 7 heteroatoms. The fourth-order valence-electron chi connectivity index (χ4n) is 1.93. The van der Waals surface area contributed by atoms with E-state index in [4.69, 9.17) is 10.00 Å². The Bertz CT molecular complexity index is 344. The molecular weight excluding hydrogens is 261 g/mol. The summed E-state index contributed by atoms with van der Waals surface area (Å²) >= 11 is 0. The molecule has 1 N–H and O–H groups in total. The molecule has 0 unspecified atom stereocenters. The van der Waals surface area contributed by atoms with Crippen LogP contribution in [0.2, 0.25) is 0 Å². The predicted molar refractivity (Wildman–Crippen MR) is 61.0 cm³/mol. The summed E-state index contributed by atoms with van der Waals surface area (Å²) in [4.78, 5) is 11.9. The minimum absolute atomic E-state index is 0.0214. The number of nitrogens with one attached hydrogen (secondary N) is 1. The third kappa shape index (κ3) is 5.07. The van der Waals surface area contributed by atoms with Gasteiger partial charge in [-0.1, -0.05) is 0 Å². The number of carbonyl (C=O) groups excluding carboxylic acids is 1. The minimum Gasteiger partial charge on any atom is -0.381 e. The molecule has 1 aliphatic rings. The third-order valence-electron chi connectivity index (χ3n) is 3.17. The van der Waals surface area contributed by atoms with Gasteiger partial charge in [0.05, 0.1) is 6.07 Å². The number of alkyl halides is 3. The Labute approximate surface area is 109 Å². The molecule has 1 heterocycles. The number of amides is 1. The highest BCUT2D eigenvalue weighted by atomic mass is 19.4. The number of rotatable bonds is 5. The van der Waals surface area contributed by atoms with Crippen LogP contribution in [0.5, 0.6) is 0 Å². The molecular formula is C12H17F3N2O2. The van der Waals surface area contributed by atoms with Gasteiger partial charge < -0.3 is 10.1 Å². The second kappa shape index (κ2) is 6.75. The fourth-order valence-corrected chi connectivity index (χ4v) is 1.93. The zero-order valence-corrected chi connectivity index (χ0v) is 10.6. The first-order valence-electron chi connectivity index (χ1n) is 6.24. The summed E-state index contributed by atoms with van der Waals surface area (Å²) in [5, 5.41) is 11.7. The molecule has 0 saturated carbocycles. The summed E-state index contributed by atoms with van der Waals surface area (Å²) in [6, 6.07) is 2.01. The molecule has 19 heavy (non-hydrogen) atoms. The van der Waals surface area contributed by atoms with Crippen molar-refractivity contribution in [1.82, 2.24) is 5.32 Å². The maximum atomic E-state index is 11.9. The van der Waals surface area contributed by atoms with Crippen LogP contribution in [0.3, 0.4) is 0 Å². The van der Waals surface area contributed by atoms with Crippen molar-refractivity contribution in [1.29, 1.82) is 5.26 Å². The van der Waals surface area contributed by atoms with Crippen molar-refractivity contribution >= 4 is 5.91 Å². The Morgan fingerprint density at radius 3 is 2.47 bits per heavy atom. The maximum Gasteiger partial charge on any atom is 0.389 e. The van der Waals surface area contributed by atoms with Crippen LogP contribution in [-0.2, 0) is 9.53 Å². The molecule has 0 spiro atoms. The van der Waals surface area contributed by atoms with E-state index in [1.807, 2.05) is 6.07 Å². The van der Waals surface area contributed by atoms with Gasteiger partial charge in [-0.2, -0.15) is 18.4 Å². The van der Waals surface area contributed by atoms with E-state index >= 15 is 0 Å². The molecule has 0 bridgehead atoms. The zero-order chi connectivity index (χ0) is 14.4. The van der Waals surface area contributed by atoms with Crippen LogP contribution >= 0.6 is 0 Å². The second-order valence-electron chi connectivity index (χ2n) is 4.63. The van der Waals surface area contributed by atoms with Crippen LogP contribution in [0.1, 0.15) is 32.1 Å². The Morgan fingerprint density at radius 1 is 1.32 bits per heavy atom. The molecule has 0 aliphatic carbocycles. The molecule has 1 fully saturated rings. The monoisotopic (exact) mass is 278 g/mol. The fraction of sp³-hybridized carbons (Fsp3) is 0.833. The van der Waals surface area contributed by atoms with Gasteiger partial charge in [-0.3, -0.25) is 4.79 Å². The highest BCUT2D eigenvalue weighted by Crippen LogP contribution is 2.29. The quantitative estimate of drug-likeness (QED) is 0.784. The Hall–Kier alpha value is -1.29. The van der Waals surface area contributed by atoms with Crippen molar-refractivity contribution in [2.24, 2.45) is 5.41 Å². The van der Waals surface area contributed by atoms with Gasteiger partial charge in [0, 0.05) is 26.2 Å². The Balaban J connectivity index is 2.28.